The Bertz CT molecular complexity index is 390. The van der Waals surface area contributed by atoms with Gasteiger partial charge in [0.1, 0.15) is 0 Å². The lowest BCUT2D eigenvalue weighted by Gasteiger charge is -1.98. The Balaban J connectivity index is 2.65. The molecule has 1 heterocycles. The molecule has 0 spiro atoms. The van der Waals surface area contributed by atoms with Crippen LogP contribution in [0.4, 0.5) is 4.39 Å². The fourth-order valence-electron chi connectivity index (χ4n) is 0.845. The van der Waals surface area contributed by atoms with Gasteiger partial charge in [-0.25, -0.2) is 4.98 Å². The third kappa shape index (κ3) is 3.95. The van der Waals surface area contributed by atoms with E-state index in [0.717, 1.165) is 6.07 Å². The molecule has 0 fully saturated rings. The molecule has 1 aromatic heterocycles. The average Bonchev–Trinajstić information content (AvgIpc) is 2.00. The minimum Gasteiger partial charge on any atom is -0.286 e. The smallest absolute Gasteiger partial charge is 0.265 e. The summed E-state index contributed by atoms with van der Waals surface area (Å²) in [7, 11) is -3.98. The summed E-state index contributed by atoms with van der Waals surface area (Å²) in [5, 5.41) is 0. The van der Waals surface area contributed by atoms with Crippen molar-refractivity contribution in [2.24, 2.45) is 0 Å². The standard InChI is InChI=1S/C7H8FNO3S/c8-7-5-6(1-3-9-7)2-4-13(10,11)12/h1,3,5H,2,4H2,(H,10,11,12). The molecule has 4 nitrogen and oxygen atoms in total. The highest BCUT2D eigenvalue weighted by Crippen LogP contribution is 2.02. The maximum Gasteiger partial charge on any atom is 0.265 e. The molecule has 0 aliphatic rings. The van der Waals surface area contributed by atoms with E-state index in [1.165, 1.54) is 12.3 Å². The lowest BCUT2D eigenvalue weighted by atomic mass is 10.2. The number of rotatable bonds is 3. The number of hydrogen-bond donors (Lipinski definition) is 1. The summed E-state index contributed by atoms with van der Waals surface area (Å²) in [4.78, 5) is 3.31. The van der Waals surface area contributed by atoms with E-state index in [-0.39, 0.29) is 6.42 Å². The highest BCUT2D eigenvalue weighted by atomic mass is 32.2. The molecule has 0 aliphatic heterocycles. The quantitative estimate of drug-likeness (QED) is 0.581. The van der Waals surface area contributed by atoms with Crippen LogP contribution in [0.5, 0.6) is 0 Å². The molecular formula is C7H8FNO3S. The maximum absolute atomic E-state index is 12.5. The zero-order valence-electron chi connectivity index (χ0n) is 6.64. The van der Waals surface area contributed by atoms with Gasteiger partial charge in [0.05, 0.1) is 5.75 Å². The van der Waals surface area contributed by atoms with Crippen molar-refractivity contribution in [1.29, 1.82) is 0 Å². The van der Waals surface area contributed by atoms with Crippen molar-refractivity contribution in [2.75, 3.05) is 5.75 Å². The average molecular weight is 205 g/mol. The Morgan fingerprint density at radius 2 is 2.23 bits per heavy atom. The summed E-state index contributed by atoms with van der Waals surface area (Å²) < 4.78 is 41.5. The first kappa shape index (κ1) is 10.1. The molecule has 0 aliphatic carbocycles. The monoisotopic (exact) mass is 205 g/mol. The van der Waals surface area contributed by atoms with Crippen LogP contribution in [0.3, 0.4) is 0 Å². The molecule has 13 heavy (non-hydrogen) atoms. The van der Waals surface area contributed by atoms with Crippen molar-refractivity contribution in [3.63, 3.8) is 0 Å². The Kier molecular flexibility index (Phi) is 2.94. The van der Waals surface area contributed by atoms with E-state index in [4.69, 9.17) is 4.55 Å². The SMILES string of the molecule is O=S(=O)(O)CCc1ccnc(F)c1. The Morgan fingerprint density at radius 3 is 2.77 bits per heavy atom. The van der Waals surface area contributed by atoms with Crippen molar-refractivity contribution in [3.05, 3.63) is 29.8 Å². The molecule has 6 heteroatoms. The molecule has 0 unspecified atom stereocenters. The van der Waals surface area contributed by atoms with Crippen LogP contribution in [0.2, 0.25) is 0 Å². The lowest BCUT2D eigenvalue weighted by Crippen LogP contribution is -2.06. The second-order valence-corrected chi connectivity index (χ2v) is 4.09. The van der Waals surface area contributed by atoms with Crippen LogP contribution < -0.4 is 0 Å². The van der Waals surface area contributed by atoms with Crippen LogP contribution >= 0.6 is 0 Å². The van der Waals surface area contributed by atoms with Gasteiger partial charge in [0, 0.05) is 6.20 Å². The summed E-state index contributed by atoms with van der Waals surface area (Å²) in [5.41, 5.74) is 0.491. The lowest BCUT2D eigenvalue weighted by molar-refractivity contribution is 0.482. The molecule has 0 amide bonds. The van der Waals surface area contributed by atoms with Gasteiger partial charge >= 0.3 is 0 Å². The van der Waals surface area contributed by atoms with Gasteiger partial charge in [-0.05, 0) is 24.1 Å². The molecule has 0 saturated heterocycles. The molecule has 0 bridgehead atoms. The largest absolute Gasteiger partial charge is 0.286 e. The Labute approximate surface area is 75.2 Å². The summed E-state index contributed by atoms with van der Waals surface area (Å²) in [6.45, 7) is 0. The molecule has 0 atom stereocenters. The number of aromatic nitrogens is 1. The van der Waals surface area contributed by atoms with Gasteiger partial charge in [-0.2, -0.15) is 12.8 Å². The van der Waals surface area contributed by atoms with Gasteiger partial charge < -0.3 is 0 Å². The molecule has 72 valence electrons. The molecule has 0 saturated carbocycles. The van der Waals surface area contributed by atoms with Crippen molar-refractivity contribution in [2.45, 2.75) is 6.42 Å². The van der Waals surface area contributed by atoms with Crippen LogP contribution in [-0.4, -0.2) is 23.7 Å². The van der Waals surface area contributed by atoms with Crippen molar-refractivity contribution in [1.82, 2.24) is 4.98 Å². The van der Waals surface area contributed by atoms with Crippen LogP contribution in [0.25, 0.3) is 0 Å². The molecular weight excluding hydrogens is 197 g/mol. The number of halogens is 1. The number of nitrogens with zero attached hydrogens (tertiary/aromatic N) is 1. The summed E-state index contributed by atoms with van der Waals surface area (Å²) in [5.74, 6) is -1.07. The summed E-state index contributed by atoms with van der Waals surface area (Å²) in [6.07, 6.45) is 1.33. The normalized spacial score (nSPS) is 11.5. The number of aryl methyl sites for hydroxylation is 1. The van der Waals surface area contributed by atoms with Crippen LogP contribution in [-0.2, 0) is 16.5 Å². The van der Waals surface area contributed by atoms with E-state index >= 15 is 0 Å². The Hall–Kier alpha value is -1.01. The number of hydrogen-bond acceptors (Lipinski definition) is 3. The third-order valence-electron chi connectivity index (χ3n) is 1.44. The Morgan fingerprint density at radius 1 is 1.54 bits per heavy atom. The predicted molar refractivity (Wildman–Crippen MR) is 44.3 cm³/mol. The van der Waals surface area contributed by atoms with Crippen molar-refractivity contribution >= 4 is 10.1 Å². The van der Waals surface area contributed by atoms with E-state index in [9.17, 15) is 12.8 Å². The highest BCUT2D eigenvalue weighted by Gasteiger charge is 2.05. The fourth-order valence-corrected chi connectivity index (χ4v) is 1.34. The summed E-state index contributed by atoms with van der Waals surface area (Å²) in [6, 6.07) is 2.62. The zero-order chi connectivity index (χ0) is 9.90. The number of pyridine rings is 1. The first-order valence-corrected chi connectivity index (χ1v) is 5.14. The summed E-state index contributed by atoms with van der Waals surface area (Å²) >= 11 is 0. The maximum atomic E-state index is 12.5. The zero-order valence-corrected chi connectivity index (χ0v) is 7.46. The van der Waals surface area contributed by atoms with Crippen molar-refractivity contribution in [3.8, 4) is 0 Å². The minimum atomic E-state index is -3.98. The predicted octanol–water partition coefficient (Wildman–Crippen LogP) is 0.651. The van der Waals surface area contributed by atoms with E-state index < -0.39 is 21.8 Å². The van der Waals surface area contributed by atoms with Crippen molar-refractivity contribution < 1.29 is 17.4 Å². The van der Waals surface area contributed by atoms with E-state index in [0.29, 0.717) is 5.56 Å². The molecule has 1 N–H and O–H groups in total. The molecule has 0 radical (unpaired) electrons. The third-order valence-corrected chi connectivity index (χ3v) is 2.16. The van der Waals surface area contributed by atoms with Gasteiger partial charge in [0.15, 0.2) is 0 Å². The van der Waals surface area contributed by atoms with Gasteiger partial charge in [-0.3, -0.25) is 4.55 Å². The van der Waals surface area contributed by atoms with E-state index in [1.54, 1.807) is 0 Å². The highest BCUT2D eigenvalue weighted by molar-refractivity contribution is 7.85. The second-order valence-electron chi connectivity index (χ2n) is 2.52. The first-order chi connectivity index (χ1) is 5.97. The van der Waals surface area contributed by atoms with Crippen LogP contribution in [0, 0.1) is 5.95 Å². The van der Waals surface area contributed by atoms with Crippen LogP contribution in [0.15, 0.2) is 18.3 Å². The fraction of sp³-hybridized carbons (Fsp3) is 0.286. The minimum absolute atomic E-state index is 0.0816. The topological polar surface area (TPSA) is 67.3 Å². The molecule has 1 rings (SSSR count). The van der Waals surface area contributed by atoms with Crippen LogP contribution in [0.1, 0.15) is 5.56 Å². The van der Waals surface area contributed by atoms with Gasteiger partial charge in [-0.1, -0.05) is 0 Å². The molecule has 1 aromatic rings. The van der Waals surface area contributed by atoms with Gasteiger partial charge in [0.25, 0.3) is 10.1 Å². The van der Waals surface area contributed by atoms with E-state index in [2.05, 4.69) is 4.98 Å². The van der Waals surface area contributed by atoms with Gasteiger partial charge in [0.2, 0.25) is 5.95 Å². The second kappa shape index (κ2) is 3.80. The van der Waals surface area contributed by atoms with E-state index in [1.807, 2.05) is 0 Å². The van der Waals surface area contributed by atoms with Gasteiger partial charge in [-0.15, -0.1) is 0 Å². The first-order valence-electron chi connectivity index (χ1n) is 3.53. The molecule has 0 aromatic carbocycles.